The normalized spacial score (nSPS) is 22.9. The molecule has 0 amide bonds. The number of hydrogen-bond acceptors (Lipinski definition) is 6. The molecule has 120 valence electrons. The molecule has 0 aliphatic heterocycles. The van der Waals surface area contributed by atoms with Gasteiger partial charge < -0.3 is 10.1 Å². The van der Waals surface area contributed by atoms with Crippen LogP contribution in [-0.4, -0.2) is 51.8 Å². The molecule has 1 aromatic rings. The minimum atomic E-state index is 0.397. The summed E-state index contributed by atoms with van der Waals surface area (Å²) in [7, 11) is 1.81. The van der Waals surface area contributed by atoms with Gasteiger partial charge in [0.1, 0.15) is 0 Å². The van der Waals surface area contributed by atoms with E-state index in [0.29, 0.717) is 17.3 Å². The molecule has 0 aromatic carbocycles. The highest BCUT2D eigenvalue weighted by atomic mass is 32.2. The number of aromatic nitrogens is 4. The highest BCUT2D eigenvalue weighted by Gasteiger charge is 2.24. The summed E-state index contributed by atoms with van der Waals surface area (Å²) in [5, 5.41) is 17.0. The summed E-state index contributed by atoms with van der Waals surface area (Å²) in [6.07, 6.45) is 5.13. The van der Waals surface area contributed by atoms with Crippen LogP contribution in [0.25, 0.3) is 0 Å². The first-order valence-electron chi connectivity index (χ1n) is 7.85. The van der Waals surface area contributed by atoms with E-state index in [1.165, 1.54) is 19.3 Å². The number of nitrogens with one attached hydrogen (secondary N) is 1. The van der Waals surface area contributed by atoms with Gasteiger partial charge in [-0.05, 0) is 48.6 Å². The van der Waals surface area contributed by atoms with Crippen LogP contribution in [0.5, 0.6) is 0 Å². The maximum atomic E-state index is 5.49. The molecule has 2 unspecified atom stereocenters. The average molecular weight is 313 g/mol. The monoisotopic (exact) mass is 313 g/mol. The molecule has 2 atom stereocenters. The largest absolute Gasteiger partial charge is 0.381 e. The SMILES string of the molecule is COC1CCCC(Sc2nnnn2CCNCC(C)C)C1. The molecule has 21 heavy (non-hydrogen) atoms. The highest BCUT2D eigenvalue weighted by Crippen LogP contribution is 2.33. The van der Waals surface area contributed by atoms with Crippen LogP contribution >= 0.6 is 11.8 Å². The molecule has 1 aromatic heterocycles. The van der Waals surface area contributed by atoms with Crippen LogP contribution in [0.15, 0.2) is 5.16 Å². The smallest absolute Gasteiger partial charge is 0.209 e. The van der Waals surface area contributed by atoms with Crippen molar-refractivity contribution < 1.29 is 4.74 Å². The van der Waals surface area contributed by atoms with Gasteiger partial charge in [-0.2, -0.15) is 0 Å². The second-order valence-electron chi connectivity index (χ2n) is 6.05. The summed E-state index contributed by atoms with van der Waals surface area (Å²) in [6, 6.07) is 0. The Morgan fingerprint density at radius 1 is 1.43 bits per heavy atom. The fraction of sp³-hybridized carbons (Fsp3) is 0.929. The van der Waals surface area contributed by atoms with E-state index in [9.17, 15) is 0 Å². The molecule has 1 aliphatic carbocycles. The Balaban J connectivity index is 1.79. The van der Waals surface area contributed by atoms with Gasteiger partial charge in [-0.1, -0.05) is 25.6 Å². The van der Waals surface area contributed by atoms with Crippen LogP contribution in [0.4, 0.5) is 0 Å². The van der Waals surface area contributed by atoms with Crippen LogP contribution < -0.4 is 5.32 Å². The predicted octanol–water partition coefficient (Wildman–Crippen LogP) is 1.97. The predicted molar refractivity (Wildman–Crippen MR) is 84.4 cm³/mol. The number of tetrazole rings is 1. The Kier molecular flexibility index (Phi) is 6.92. The summed E-state index contributed by atoms with van der Waals surface area (Å²) < 4.78 is 7.40. The van der Waals surface area contributed by atoms with Gasteiger partial charge in [0.2, 0.25) is 5.16 Å². The van der Waals surface area contributed by atoms with E-state index >= 15 is 0 Å². The van der Waals surface area contributed by atoms with Gasteiger partial charge in [-0.15, -0.1) is 5.10 Å². The van der Waals surface area contributed by atoms with Crippen LogP contribution in [0.2, 0.25) is 0 Å². The van der Waals surface area contributed by atoms with E-state index in [2.05, 4.69) is 34.7 Å². The maximum Gasteiger partial charge on any atom is 0.209 e. The number of ether oxygens (including phenoxy) is 1. The molecule has 7 heteroatoms. The molecule has 0 bridgehead atoms. The van der Waals surface area contributed by atoms with Crippen molar-refractivity contribution in [2.75, 3.05) is 20.2 Å². The van der Waals surface area contributed by atoms with Crippen molar-refractivity contribution in [2.24, 2.45) is 5.92 Å². The van der Waals surface area contributed by atoms with Crippen LogP contribution in [-0.2, 0) is 11.3 Å². The number of nitrogens with zero attached hydrogens (tertiary/aromatic N) is 4. The second kappa shape index (κ2) is 8.70. The lowest BCUT2D eigenvalue weighted by Crippen LogP contribution is -2.25. The lowest BCUT2D eigenvalue weighted by molar-refractivity contribution is 0.0730. The first-order chi connectivity index (χ1) is 10.2. The van der Waals surface area contributed by atoms with E-state index in [1.54, 1.807) is 11.8 Å². The van der Waals surface area contributed by atoms with Gasteiger partial charge in [0, 0.05) is 18.9 Å². The van der Waals surface area contributed by atoms with Crippen molar-refractivity contribution in [1.29, 1.82) is 0 Å². The molecule has 0 radical (unpaired) electrons. The first-order valence-corrected chi connectivity index (χ1v) is 8.73. The Bertz CT molecular complexity index is 412. The third kappa shape index (κ3) is 5.56. The van der Waals surface area contributed by atoms with E-state index in [0.717, 1.165) is 31.2 Å². The first kappa shape index (κ1) is 16.7. The molecule has 2 rings (SSSR count). The van der Waals surface area contributed by atoms with Crippen molar-refractivity contribution in [3.8, 4) is 0 Å². The third-order valence-electron chi connectivity index (χ3n) is 3.74. The molecule has 6 nitrogen and oxygen atoms in total. The average Bonchev–Trinajstić information content (AvgIpc) is 2.91. The number of methoxy groups -OCH3 is 1. The fourth-order valence-electron chi connectivity index (χ4n) is 2.57. The molecular formula is C14H27N5OS. The van der Waals surface area contributed by atoms with Crippen molar-refractivity contribution >= 4 is 11.8 Å². The zero-order valence-electron chi connectivity index (χ0n) is 13.3. The minimum Gasteiger partial charge on any atom is -0.381 e. The molecule has 1 N–H and O–H groups in total. The van der Waals surface area contributed by atoms with E-state index < -0.39 is 0 Å². The van der Waals surface area contributed by atoms with Crippen molar-refractivity contribution in [1.82, 2.24) is 25.5 Å². The van der Waals surface area contributed by atoms with Gasteiger partial charge >= 0.3 is 0 Å². The Morgan fingerprint density at radius 2 is 2.29 bits per heavy atom. The molecule has 1 fully saturated rings. The van der Waals surface area contributed by atoms with Crippen molar-refractivity contribution in [3.05, 3.63) is 0 Å². The summed E-state index contributed by atoms with van der Waals surface area (Å²) in [4.78, 5) is 0. The minimum absolute atomic E-state index is 0.397. The standard InChI is InChI=1S/C14H27N5OS/c1-11(2)10-15-7-8-19-14(16-17-18-19)21-13-6-4-5-12(9-13)20-3/h11-13,15H,4-10H2,1-3H3. The number of hydrogen-bond donors (Lipinski definition) is 1. The molecule has 1 aliphatic rings. The summed E-state index contributed by atoms with van der Waals surface area (Å²) in [5.41, 5.74) is 0. The summed E-state index contributed by atoms with van der Waals surface area (Å²) in [5.74, 6) is 0.668. The molecule has 0 saturated heterocycles. The van der Waals surface area contributed by atoms with Gasteiger partial charge in [-0.25, -0.2) is 4.68 Å². The lowest BCUT2D eigenvalue weighted by Gasteiger charge is -2.27. The van der Waals surface area contributed by atoms with Crippen LogP contribution in [0.1, 0.15) is 39.5 Å². The Morgan fingerprint density at radius 3 is 3.05 bits per heavy atom. The Labute approximate surface area is 131 Å². The van der Waals surface area contributed by atoms with Crippen LogP contribution in [0.3, 0.4) is 0 Å². The zero-order valence-corrected chi connectivity index (χ0v) is 14.1. The topological polar surface area (TPSA) is 64.9 Å². The fourth-order valence-corrected chi connectivity index (χ4v) is 3.80. The number of rotatable bonds is 8. The lowest BCUT2D eigenvalue weighted by atomic mass is 9.97. The van der Waals surface area contributed by atoms with Gasteiger partial charge in [-0.3, -0.25) is 0 Å². The van der Waals surface area contributed by atoms with Gasteiger partial charge in [0.05, 0.1) is 12.6 Å². The van der Waals surface area contributed by atoms with Crippen molar-refractivity contribution in [3.63, 3.8) is 0 Å². The van der Waals surface area contributed by atoms with E-state index in [1.807, 2.05) is 11.8 Å². The molecule has 1 saturated carbocycles. The molecule has 0 spiro atoms. The van der Waals surface area contributed by atoms with Gasteiger partial charge in [0.25, 0.3) is 0 Å². The molecular weight excluding hydrogens is 286 g/mol. The van der Waals surface area contributed by atoms with Gasteiger partial charge in [0.15, 0.2) is 0 Å². The van der Waals surface area contributed by atoms with E-state index in [4.69, 9.17) is 4.74 Å². The zero-order chi connectivity index (χ0) is 15.1. The quantitative estimate of drug-likeness (QED) is 0.740. The molecule has 1 heterocycles. The maximum absolute atomic E-state index is 5.49. The summed E-state index contributed by atoms with van der Waals surface area (Å²) in [6.45, 7) is 7.18. The highest BCUT2D eigenvalue weighted by molar-refractivity contribution is 7.99. The Hall–Kier alpha value is -0.660. The van der Waals surface area contributed by atoms with E-state index in [-0.39, 0.29) is 0 Å². The van der Waals surface area contributed by atoms with Crippen LogP contribution in [0, 0.1) is 5.92 Å². The number of thioether (sulfide) groups is 1. The summed E-state index contributed by atoms with van der Waals surface area (Å²) >= 11 is 1.80. The third-order valence-corrected chi connectivity index (χ3v) is 5.00. The second-order valence-corrected chi connectivity index (χ2v) is 7.31. The van der Waals surface area contributed by atoms with Crippen molar-refractivity contribution in [2.45, 2.75) is 62.6 Å².